The molecular formula is C19H22ClN3O4S. The van der Waals surface area contributed by atoms with Crippen LogP contribution in [0.5, 0.6) is 0 Å². The first-order valence-corrected chi connectivity index (χ1v) is 11.2. The van der Waals surface area contributed by atoms with Crippen molar-refractivity contribution >= 4 is 32.8 Å². The molecule has 0 amide bonds. The van der Waals surface area contributed by atoms with E-state index >= 15 is 0 Å². The maximum absolute atomic E-state index is 12.0. The van der Waals surface area contributed by atoms with Crippen molar-refractivity contribution in [2.45, 2.75) is 17.9 Å². The first kappa shape index (κ1) is 20.6. The molecule has 0 spiro atoms. The van der Waals surface area contributed by atoms with Crippen LogP contribution in [0.25, 0.3) is 0 Å². The van der Waals surface area contributed by atoms with Crippen molar-refractivity contribution in [3.05, 3.63) is 63.2 Å². The van der Waals surface area contributed by atoms with Crippen LogP contribution in [-0.4, -0.2) is 50.7 Å². The number of anilines is 1. The third-order valence-electron chi connectivity index (χ3n) is 5.11. The molecule has 28 heavy (non-hydrogen) atoms. The molecule has 1 aliphatic rings. The molecule has 3 rings (SSSR count). The molecule has 7 nitrogen and oxygen atoms in total. The molecule has 0 aromatic heterocycles. The number of hydrogen-bond donors (Lipinski definition) is 0. The summed E-state index contributed by atoms with van der Waals surface area (Å²) in [4.78, 5) is 14.9. The maximum atomic E-state index is 12.0. The van der Waals surface area contributed by atoms with E-state index in [0.717, 1.165) is 11.8 Å². The number of sulfone groups is 1. The van der Waals surface area contributed by atoms with E-state index in [1.165, 1.54) is 6.07 Å². The highest BCUT2D eigenvalue weighted by Crippen LogP contribution is 2.35. The second-order valence-corrected chi connectivity index (χ2v) is 9.32. The number of para-hydroxylation sites is 1. The van der Waals surface area contributed by atoms with Gasteiger partial charge >= 0.3 is 5.69 Å². The van der Waals surface area contributed by atoms with Gasteiger partial charge in [-0.3, -0.25) is 15.0 Å². The lowest BCUT2D eigenvalue weighted by Gasteiger charge is -2.39. The summed E-state index contributed by atoms with van der Waals surface area (Å²) in [5.74, 6) is 0. The van der Waals surface area contributed by atoms with Crippen LogP contribution in [0.4, 0.5) is 11.4 Å². The van der Waals surface area contributed by atoms with Gasteiger partial charge in [-0.2, -0.15) is 0 Å². The van der Waals surface area contributed by atoms with Gasteiger partial charge in [-0.05, 0) is 36.8 Å². The van der Waals surface area contributed by atoms with Crippen molar-refractivity contribution < 1.29 is 13.3 Å². The van der Waals surface area contributed by atoms with E-state index in [1.807, 2.05) is 29.2 Å². The Morgan fingerprint density at radius 3 is 2.21 bits per heavy atom. The first-order chi connectivity index (χ1) is 13.2. The lowest BCUT2D eigenvalue weighted by Crippen LogP contribution is -2.47. The van der Waals surface area contributed by atoms with Gasteiger partial charge in [-0.1, -0.05) is 29.8 Å². The van der Waals surface area contributed by atoms with Gasteiger partial charge < -0.3 is 4.90 Å². The summed E-state index contributed by atoms with van der Waals surface area (Å²) in [6, 6.07) is 12.4. The van der Waals surface area contributed by atoms with Crippen LogP contribution in [0, 0.1) is 10.1 Å². The molecule has 0 bridgehead atoms. The van der Waals surface area contributed by atoms with Crippen LogP contribution in [0.15, 0.2) is 47.4 Å². The predicted molar refractivity (Wildman–Crippen MR) is 110 cm³/mol. The fourth-order valence-corrected chi connectivity index (χ4v) is 4.53. The Kier molecular flexibility index (Phi) is 5.92. The lowest BCUT2D eigenvalue weighted by atomic mass is 10.1. The minimum absolute atomic E-state index is 0.191. The first-order valence-electron chi connectivity index (χ1n) is 8.90. The number of hydrogen-bond acceptors (Lipinski definition) is 6. The Labute approximate surface area is 169 Å². The summed E-state index contributed by atoms with van der Waals surface area (Å²) in [7, 11) is -3.69. The standard InChI is InChI=1S/C19H22ClN3O4S/c1-14(15-6-8-16(20)9-7-15)21-10-12-22(13-11-21)17-4-3-5-18(28(2,26)27)19(17)23(24)25/h3-9,14H,10-13H2,1-2H3. The van der Waals surface area contributed by atoms with E-state index in [9.17, 15) is 18.5 Å². The van der Waals surface area contributed by atoms with E-state index in [0.29, 0.717) is 36.9 Å². The molecule has 0 N–H and O–H groups in total. The minimum atomic E-state index is -3.69. The largest absolute Gasteiger partial charge is 0.363 e. The predicted octanol–water partition coefficient (Wildman–Crippen LogP) is 3.53. The SMILES string of the molecule is CC(c1ccc(Cl)cc1)N1CCN(c2cccc(S(C)(=O)=O)c2[N+](=O)[O-])CC1. The number of rotatable bonds is 5. The molecule has 0 radical (unpaired) electrons. The van der Waals surface area contributed by atoms with Crippen molar-refractivity contribution in [3.8, 4) is 0 Å². The summed E-state index contributed by atoms with van der Waals surface area (Å²) in [6.07, 6.45) is 0.991. The van der Waals surface area contributed by atoms with Gasteiger partial charge in [0.25, 0.3) is 0 Å². The highest BCUT2D eigenvalue weighted by molar-refractivity contribution is 7.90. The Bertz CT molecular complexity index is 971. The molecule has 1 aliphatic heterocycles. The van der Waals surface area contributed by atoms with Gasteiger partial charge in [0, 0.05) is 43.5 Å². The van der Waals surface area contributed by atoms with E-state index in [-0.39, 0.29) is 16.6 Å². The molecule has 1 saturated heterocycles. The molecule has 1 atom stereocenters. The van der Waals surface area contributed by atoms with Crippen LogP contribution in [0.3, 0.4) is 0 Å². The molecule has 2 aromatic rings. The van der Waals surface area contributed by atoms with Crippen molar-refractivity contribution in [2.24, 2.45) is 0 Å². The van der Waals surface area contributed by atoms with Crippen molar-refractivity contribution in [1.29, 1.82) is 0 Å². The Morgan fingerprint density at radius 2 is 1.68 bits per heavy atom. The zero-order valence-corrected chi connectivity index (χ0v) is 17.3. The number of piperazine rings is 1. The summed E-state index contributed by atoms with van der Waals surface area (Å²) in [5, 5.41) is 12.3. The molecule has 150 valence electrons. The van der Waals surface area contributed by atoms with Gasteiger partial charge in [0.2, 0.25) is 0 Å². The van der Waals surface area contributed by atoms with Crippen molar-refractivity contribution in [2.75, 3.05) is 37.3 Å². The molecule has 0 saturated carbocycles. The Morgan fingerprint density at radius 1 is 1.07 bits per heavy atom. The number of halogens is 1. The Hall–Kier alpha value is -2.16. The smallest absolute Gasteiger partial charge is 0.311 e. The monoisotopic (exact) mass is 423 g/mol. The maximum Gasteiger partial charge on any atom is 0.311 e. The molecule has 1 fully saturated rings. The zero-order valence-electron chi connectivity index (χ0n) is 15.7. The molecule has 2 aromatic carbocycles. The third-order valence-corrected chi connectivity index (χ3v) is 6.50. The number of benzene rings is 2. The van der Waals surface area contributed by atoms with Gasteiger partial charge in [0.05, 0.1) is 4.92 Å². The van der Waals surface area contributed by atoms with Gasteiger partial charge in [-0.15, -0.1) is 0 Å². The van der Waals surface area contributed by atoms with E-state index in [4.69, 9.17) is 11.6 Å². The lowest BCUT2D eigenvalue weighted by molar-refractivity contribution is -0.387. The normalized spacial score (nSPS) is 16.8. The van der Waals surface area contributed by atoms with Crippen molar-refractivity contribution in [1.82, 2.24) is 4.90 Å². The van der Waals surface area contributed by atoms with Crippen molar-refractivity contribution in [3.63, 3.8) is 0 Å². The van der Waals surface area contributed by atoms with Crippen LogP contribution in [0.2, 0.25) is 5.02 Å². The average molecular weight is 424 g/mol. The van der Waals surface area contributed by atoms with Crippen LogP contribution in [-0.2, 0) is 9.84 Å². The minimum Gasteiger partial charge on any atom is -0.363 e. The van der Waals surface area contributed by atoms with Gasteiger partial charge in [0.15, 0.2) is 9.84 Å². The number of nitrogens with zero attached hydrogens (tertiary/aromatic N) is 3. The highest BCUT2D eigenvalue weighted by Gasteiger charge is 2.31. The Balaban J connectivity index is 1.80. The summed E-state index contributed by atoms with van der Waals surface area (Å²) in [6.45, 7) is 4.69. The summed E-state index contributed by atoms with van der Waals surface area (Å²) >= 11 is 5.96. The quantitative estimate of drug-likeness (QED) is 0.540. The van der Waals surface area contributed by atoms with E-state index < -0.39 is 14.8 Å². The van der Waals surface area contributed by atoms with Crippen LogP contribution < -0.4 is 4.90 Å². The third kappa shape index (κ3) is 4.29. The number of nitro groups is 1. The fourth-order valence-electron chi connectivity index (χ4n) is 3.55. The second-order valence-electron chi connectivity index (χ2n) is 6.90. The van der Waals surface area contributed by atoms with Crippen LogP contribution in [0.1, 0.15) is 18.5 Å². The highest BCUT2D eigenvalue weighted by atomic mass is 35.5. The summed E-state index contributed by atoms with van der Waals surface area (Å²) < 4.78 is 23.9. The van der Waals surface area contributed by atoms with E-state index in [1.54, 1.807) is 12.1 Å². The van der Waals surface area contributed by atoms with Crippen LogP contribution >= 0.6 is 11.6 Å². The molecular weight excluding hydrogens is 402 g/mol. The average Bonchev–Trinajstić information content (AvgIpc) is 2.67. The molecule has 1 heterocycles. The van der Waals surface area contributed by atoms with E-state index in [2.05, 4.69) is 11.8 Å². The molecule has 0 aliphatic carbocycles. The number of nitro benzene ring substituents is 1. The fraction of sp³-hybridized carbons (Fsp3) is 0.368. The molecule has 9 heteroatoms. The molecule has 1 unspecified atom stereocenters. The summed E-state index contributed by atoms with van der Waals surface area (Å²) in [5.41, 5.74) is 1.17. The second kappa shape index (κ2) is 8.06. The van der Waals surface area contributed by atoms with Gasteiger partial charge in [0.1, 0.15) is 10.6 Å². The van der Waals surface area contributed by atoms with Gasteiger partial charge in [-0.25, -0.2) is 8.42 Å². The topological polar surface area (TPSA) is 83.8 Å². The zero-order chi connectivity index (χ0) is 20.5.